The fourth-order valence-corrected chi connectivity index (χ4v) is 1.92. The predicted octanol–water partition coefficient (Wildman–Crippen LogP) is 2.30. The Hall–Kier alpha value is -2.42. The Morgan fingerprint density at radius 1 is 1.52 bits per heavy atom. The van der Waals surface area contributed by atoms with E-state index in [0.717, 1.165) is 25.8 Å². The molecule has 3 N–H and O–H groups in total. The van der Waals surface area contributed by atoms with Crippen LogP contribution < -0.4 is 15.5 Å². The Labute approximate surface area is 139 Å². The summed E-state index contributed by atoms with van der Waals surface area (Å²) >= 11 is 5.05. The number of nitro benzene ring substituents is 1. The topological polar surface area (TPSA) is 109 Å². The van der Waals surface area contributed by atoms with Crippen molar-refractivity contribution in [1.82, 2.24) is 10.7 Å². The van der Waals surface area contributed by atoms with Crippen LogP contribution in [-0.4, -0.2) is 35.0 Å². The molecule has 0 saturated heterocycles. The van der Waals surface area contributed by atoms with Crippen molar-refractivity contribution in [3.63, 3.8) is 0 Å². The summed E-state index contributed by atoms with van der Waals surface area (Å²) in [4.78, 5) is 10.2. The number of benzene rings is 1. The lowest BCUT2D eigenvalue weighted by atomic mass is 10.2. The van der Waals surface area contributed by atoms with Gasteiger partial charge in [0.1, 0.15) is 0 Å². The lowest BCUT2D eigenvalue weighted by Crippen LogP contribution is -2.32. The van der Waals surface area contributed by atoms with Gasteiger partial charge in [-0.1, -0.05) is 19.8 Å². The zero-order valence-corrected chi connectivity index (χ0v) is 13.9. The van der Waals surface area contributed by atoms with Crippen molar-refractivity contribution in [2.75, 3.05) is 13.7 Å². The normalized spacial score (nSPS) is 10.5. The van der Waals surface area contributed by atoms with Crippen LogP contribution in [0.4, 0.5) is 5.69 Å². The zero-order valence-electron chi connectivity index (χ0n) is 13.0. The summed E-state index contributed by atoms with van der Waals surface area (Å²) in [5.41, 5.74) is 2.57. The minimum absolute atomic E-state index is 0.000849. The van der Waals surface area contributed by atoms with Crippen molar-refractivity contribution in [3.05, 3.63) is 27.8 Å². The van der Waals surface area contributed by atoms with Gasteiger partial charge in [-0.15, -0.1) is 0 Å². The summed E-state index contributed by atoms with van der Waals surface area (Å²) in [7, 11) is 1.31. The fraction of sp³-hybridized carbons (Fsp3) is 0.429. The first-order valence-electron chi connectivity index (χ1n) is 7.11. The standard InChI is InChI=1S/C14H20N4O4S/c1-3-4-5-6-15-14(23)17-16-9-10-7-11(18(20)21)13(19)12(8-10)22-2/h7-9,19H,3-6H2,1-2H3,(H2,15,17,23)/b16-9-. The van der Waals surface area contributed by atoms with Crippen LogP contribution in [0.2, 0.25) is 0 Å². The highest BCUT2D eigenvalue weighted by Crippen LogP contribution is 2.36. The fourth-order valence-electron chi connectivity index (χ4n) is 1.77. The van der Waals surface area contributed by atoms with Crippen LogP contribution in [0, 0.1) is 10.1 Å². The van der Waals surface area contributed by atoms with E-state index in [0.29, 0.717) is 10.7 Å². The molecule has 126 valence electrons. The van der Waals surface area contributed by atoms with E-state index in [1.54, 1.807) is 0 Å². The van der Waals surface area contributed by atoms with Crippen molar-refractivity contribution in [2.45, 2.75) is 26.2 Å². The maximum atomic E-state index is 10.9. The molecule has 1 aromatic carbocycles. The molecular weight excluding hydrogens is 320 g/mol. The van der Waals surface area contributed by atoms with Crippen LogP contribution in [-0.2, 0) is 0 Å². The molecule has 0 heterocycles. The highest BCUT2D eigenvalue weighted by molar-refractivity contribution is 7.80. The molecule has 0 aliphatic heterocycles. The lowest BCUT2D eigenvalue weighted by Gasteiger charge is -2.07. The third-order valence-corrected chi connectivity index (χ3v) is 3.17. The minimum Gasteiger partial charge on any atom is -0.500 e. The number of thiocarbonyl (C=S) groups is 1. The van der Waals surface area contributed by atoms with Crippen LogP contribution in [0.5, 0.6) is 11.5 Å². The van der Waals surface area contributed by atoms with Gasteiger partial charge in [-0.2, -0.15) is 5.10 Å². The van der Waals surface area contributed by atoms with Crippen molar-refractivity contribution in [3.8, 4) is 11.5 Å². The van der Waals surface area contributed by atoms with Crippen LogP contribution in [0.25, 0.3) is 0 Å². The quantitative estimate of drug-likeness (QED) is 0.219. The number of hydrogen-bond donors (Lipinski definition) is 3. The maximum absolute atomic E-state index is 10.9. The number of phenols is 1. The first kappa shape index (κ1) is 18.6. The summed E-state index contributed by atoms with van der Waals surface area (Å²) in [6.07, 6.45) is 4.62. The molecule has 9 heteroatoms. The number of unbranched alkanes of at least 4 members (excludes halogenated alkanes) is 2. The molecule has 0 fully saturated rings. The van der Waals surface area contributed by atoms with Gasteiger partial charge in [0.05, 0.1) is 18.2 Å². The van der Waals surface area contributed by atoms with Gasteiger partial charge < -0.3 is 15.2 Å². The maximum Gasteiger partial charge on any atom is 0.315 e. The molecule has 0 bridgehead atoms. The van der Waals surface area contributed by atoms with Gasteiger partial charge in [0.2, 0.25) is 5.75 Å². The Morgan fingerprint density at radius 3 is 2.87 bits per heavy atom. The average molecular weight is 340 g/mol. The Bertz CT molecular complexity index is 592. The molecule has 1 aromatic rings. The molecular formula is C14H20N4O4S. The number of hydrazone groups is 1. The second-order valence-corrected chi connectivity index (χ2v) is 5.09. The van der Waals surface area contributed by atoms with Gasteiger partial charge in [0.25, 0.3) is 0 Å². The van der Waals surface area contributed by atoms with Crippen molar-refractivity contribution in [1.29, 1.82) is 0 Å². The van der Waals surface area contributed by atoms with Gasteiger partial charge in [-0.05, 0) is 24.7 Å². The summed E-state index contributed by atoms with van der Waals surface area (Å²) in [5, 5.41) is 27.9. The molecule has 0 radical (unpaired) electrons. The molecule has 0 aromatic heterocycles. The van der Waals surface area contributed by atoms with Crippen molar-refractivity contribution >= 4 is 29.2 Å². The second-order valence-electron chi connectivity index (χ2n) is 4.68. The van der Waals surface area contributed by atoms with Crippen LogP contribution in [0.15, 0.2) is 17.2 Å². The molecule has 0 atom stereocenters. The number of methoxy groups -OCH3 is 1. The third-order valence-electron chi connectivity index (χ3n) is 2.94. The second kappa shape index (κ2) is 9.57. The first-order valence-corrected chi connectivity index (χ1v) is 7.52. The van der Waals surface area contributed by atoms with E-state index < -0.39 is 16.4 Å². The van der Waals surface area contributed by atoms with Crippen molar-refractivity contribution in [2.24, 2.45) is 5.10 Å². The van der Waals surface area contributed by atoms with E-state index in [4.69, 9.17) is 17.0 Å². The molecule has 0 amide bonds. The number of phenolic OH excluding ortho intramolecular Hbond substituents is 1. The van der Waals surface area contributed by atoms with Gasteiger partial charge in [0.15, 0.2) is 10.9 Å². The van der Waals surface area contributed by atoms with Crippen LogP contribution in [0.3, 0.4) is 0 Å². The monoisotopic (exact) mass is 340 g/mol. The van der Waals surface area contributed by atoms with E-state index >= 15 is 0 Å². The molecule has 0 saturated carbocycles. The third kappa shape index (κ3) is 6.07. The van der Waals surface area contributed by atoms with E-state index in [1.807, 2.05) is 0 Å². The number of nitro groups is 1. The van der Waals surface area contributed by atoms with Crippen LogP contribution in [0.1, 0.15) is 31.7 Å². The summed E-state index contributed by atoms with van der Waals surface area (Å²) in [5.74, 6) is -0.517. The number of nitrogens with one attached hydrogen (secondary N) is 2. The van der Waals surface area contributed by atoms with Crippen LogP contribution >= 0.6 is 12.2 Å². The van der Waals surface area contributed by atoms with Gasteiger partial charge in [-0.25, -0.2) is 0 Å². The number of ether oxygens (including phenoxy) is 1. The summed E-state index contributed by atoms with van der Waals surface area (Å²) < 4.78 is 4.91. The minimum atomic E-state index is -0.692. The Morgan fingerprint density at radius 2 is 2.26 bits per heavy atom. The smallest absolute Gasteiger partial charge is 0.315 e. The van der Waals surface area contributed by atoms with Gasteiger partial charge in [0, 0.05) is 18.2 Å². The Balaban J connectivity index is 2.67. The largest absolute Gasteiger partial charge is 0.500 e. The zero-order chi connectivity index (χ0) is 17.2. The molecule has 0 unspecified atom stereocenters. The summed E-state index contributed by atoms with van der Waals surface area (Å²) in [6, 6.07) is 2.63. The van der Waals surface area contributed by atoms with E-state index in [1.165, 1.54) is 25.5 Å². The molecule has 1 rings (SSSR count). The first-order chi connectivity index (χ1) is 11.0. The Kier molecular flexibility index (Phi) is 7.75. The highest BCUT2D eigenvalue weighted by atomic mass is 32.1. The van der Waals surface area contributed by atoms with E-state index in [-0.39, 0.29) is 5.75 Å². The molecule has 8 nitrogen and oxygen atoms in total. The number of aromatic hydroxyl groups is 1. The lowest BCUT2D eigenvalue weighted by molar-refractivity contribution is -0.386. The molecule has 0 aliphatic rings. The molecule has 0 aliphatic carbocycles. The predicted molar refractivity (Wildman–Crippen MR) is 92.2 cm³/mol. The SMILES string of the molecule is CCCCCNC(=S)N/N=C\c1cc(OC)c(O)c([N+](=O)[O-])c1. The average Bonchev–Trinajstić information content (AvgIpc) is 2.52. The van der Waals surface area contributed by atoms with Crippen molar-refractivity contribution < 1.29 is 14.8 Å². The van der Waals surface area contributed by atoms with Gasteiger partial charge in [-0.3, -0.25) is 15.5 Å². The molecule has 23 heavy (non-hydrogen) atoms. The number of rotatable bonds is 8. The summed E-state index contributed by atoms with van der Waals surface area (Å²) in [6.45, 7) is 2.87. The molecule has 0 spiro atoms. The van der Waals surface area contributed by atoms with E-state index in [9.17, 15) is 15.2 Å². The number of hydrogen-bond acceptors (Lipinski definition) is 6. The van der Waals surface area contributed by atoms with Gasteiger partial charge >= 0.3 is 5.69 Å². The number of nitrogens with zero attached hydrogens (tertiary/aromatic N) is 2. The van der Waals surface area contributed by atoms with E-state index in [2.05, 4.69) is 22.8 Å². The highest BCUT2D eigenvalue weighted by Gasteiger charge is 2.19.